The van der Waals surface area contributed by atoms with Gasteiger partial charge >= 0.3 is 0 Å². The first-order chi connectivity index (χ1) is 7.38. The molecule has 3 unspecified atom stereocenters. The Labute approximate surface area is 103 Å². The number of hydrogen-bond acceptors (Lipinski definition) is 3. The Morgan fingerprint density at radius 1 is 1.56 bits per heavy atom. The molecule has 0 radical (unpaired) electrons. The van der Waals surface area contributed by atoms with E-state index in [-0.39, 0.29) is 11.0 Å². The van der Waals surface area contributed by atoms with Crippen molar-refractivity contribution in [3.63, 3.8) is 0 Å². The summed E-state index contributed by atoms with van der Waals surface area (Å²) in [6, 6.07) is 0.0494. The average Bonchev–Trinajstić information content (AvgIpc) is 2.50. The molecule has 4 nitrogen and oxygen atoms in total. The molecule has 0 heterocycles. The molecular weight excluding hydrogens is 244 g/mol. The van der Waals surface area contributed by atoms with E-state index in [1.165, 1.54) is 0 Å². The minimum absolute atomic E-state index is 0.0494. The van der Waals surface area contributed by atoms with Crippen LogP contribution in [-0.4, -0.2) is 24.7 Å². The van der Waals surface area contributed by atoms with Crippen LogP contribution < -0.4 is 10.5 Å². The smallest absolute Gasteiger partial charge is 0.221 e. The first kappa shape index (κ1) is 13.9. The third-order valence-electron chi connectivity index (χ3n) is 3.24. The summed E-state index contributed by atoms with van der Waals surface area (Å²) in [4.78, 5) is 0.0562. The fourth-order valence-corrected chi connectivity index (χ4v) is 4.41. The van der Waals surface area contributed by atoms with Gasteiger partial charge in [0.25, 0.3) is 0 Å². The maximum absolute atomic E-state index is 12.0. The summed E-state index contributed by atoms with van der Waals surface area (Å²) in [6.07, 6.45) is 3.50. The van der Waals surface area contributed by atoms with Crippen molar-refractivity contribution in [2.45, 2.75) is 50.8 Å². The molecule has 94 valence electrons. The Bertz CT molecular complexity index is 354. The van der Waals surface area contributed by atoms with Crippen molar-refractivity contribution >= 4 is 27.2 Å². The van der Waals surface area contributed by atoms with Gasteiger partial charge in [-0.2, -0.15) is 0 Å². The van der Waals surface area contributed by atoms with E-state index in [4.69, 9.17) is 18.0 Å². The van der Waals surface area contributed by atoms with Gasteiger partial charge in [0.15, 0.2) is 0 Å². The summed E-state index contributed by atoms with van der Waals surface area (Å²) in [5.74, 6) is 0.402. The molecule has 0 aromatic carbocycles. The third kappa shape index (κ3) is 3.15. The number of rotatable bonds is 5. The van der Waals surface area contributed by atoms with Crippen LogP contribution in [0.4, 0.5) is 0 Å². The zero-order chi connectivity index (χ0) is 12.3. The lowest BCUT2D eigenvalue weighted by molar-refractivity contribution is 0.474. The predicted octanol–water partition coefficient (Wildman–Crippen LogP) is 1.16. The quantitative estimate of drug-likeness (QED) is 0.731. The molecule has 0 bridgehead atoms. The predicted molar refractivity (Wildman–Crippen MR) is 69.7 cm³/mol. The second-order valence-corrected chi connectivity index (χ2v) is 6.84. The Balaban J connectivity index is 2.74. The number of thiocarbonyl (C=S) groups is 1. The summed E-state index contributed by atoms with van der Waals surface area (Å²) < 4.78 is 26.8. The minimum atomic E-state index is -3.40. The summed E-state index contributed by atoms with van der Waals surface area (Å²) in [5.41, 5.74) is 5.45. The lowest BCUT2D eigenvalue weighted by Crippen LogP contribution is -2.46. The molecule has 16 heavy (non-hydrogen) atoms. The van der Waals surface area contributed by atoms with Gasteiger partial charge in [0.2, 0.25) is 10.0 Å². The van der Waals surface area contributed by atoms with E-state index < -0.39 is 15.3 Å². The van der Waals surface area contributed by atoms with Gasteiger partial charge in [0.1, 0.15) is 5.25 Å². The van der Waals surface area contributed by atoms with Crippen LogP contribution in [0.2, 0.25) is 0 Å². The molecule has 0 spiro atoms. The van der Waals surface area contributed by atoms with E-state index in [9.17, 15) is 8.42 Å². The maximum atomic E-state index is 12.0. The van der Waals surface area contributed by atoms with Gasteiger partial charge in [-0.05, 0) is 25.2 Å². The van der Waals surface area contributed by atoms with E-state index in [2.05, 4.69) is 11.6 Å². The number of nitrogens with two attached hydrogens (primary N) is 1. The lowest BCUT2D eigenvalue weighted by atomic mass is 10.1. The fraction of sp³-hybridized carbons (Fsp3) is 0.900. The Morgan fingerprint density at radius 3 is 2.56 bits per heavy atom. The zero-order valence-corrected chi connectivity index (χ0v) is 11.4. The van der Waals surface area contributed by atoms with Crippen molar-refractivity contribution in [2.75, 3.05) is 0 Å². The molecule has 0 aromatic heterocycles. The van der Waals surface area contributed by atoms with Crippen molar-refractivity contribution in [2.24, 2.45) is 11.7 Å². The largest absolute Gasteiger partial charge is 0.392 e. The first-order valence-corrected chi connectivity index (χ1v) is 7.64. The highest BCUT2D eigenvalue weighted by Gasteiger charge is 2.32. The number of nitrogens with one attached hydrogen (secondary N) is 1. The Morgan fingerprint density at radius 2 is 2.19 bits per heavy atom. The van der Waals surface area contributed by atoms with Crippen LogP contribution in [-0.2, 0) is 10.0 Å². The minimum Gasteiger partial charge on any atom is -0.392 e. The second-order valence-electron chi connectivity index (χ2n) is 4.48. The highest BCUT2D eigenvalue weighted by Crippen LogP contribution is 2.26. The zero-order valence-electron chi connectivity index (χ0n) is 9.77. The molecule has 0 amide bonds. The summed E-state index contributed by atoms with van der Waals surface area (Å²) in [7, 11) is -3.40. The molecule has 0 saturated heterocycles. The topological polar surface area (TPSA) is 72.2 Å². The van der Waals surface area contributed by atoms with Gasteiger partial charge < -0.3 is 5.73 Å². The van der Waals surface area contributed by atoms with E-state index in [0.29, 0.717) is 12.3 Å². The molecule has 1 fully saturated rings. The highest BCUT2D eigenvalue weighted by atomic mass is 32.2. The Hall–Kier alpha value is -0.200. The number of sulfonamides is 1. The van der Waals surface area contributed by atoms with Crippen molar-refractivity contribution in [1.29, 1.82) is 0 Å². The molecule has 1 rings (SSSR count). The van der Waals surface area contributed by atoms with Crippen LogP contribution in [0, 0.1) is 5.92 Å². The summed E-state index contributed by atoms with van der Waals surface area (Å²) in [5, 5.41) is -0.740. The van der Waals surface area contributed by atoms with Crippen LogP contribution in [0.5, 0.6) is 0 Å². The molecule has 1 aliphatic carbocycles. The van der Waals surface area contributed by atoms with E-state index in [1.54, 1.807) is 6.92 Å². The third-order valence-corrected chi connectivity index (χ3v) is 5.64. The molecule has 3 atom stereocenters. The SMILES string of the molecule is CCC(C(N)=S)S(=O)(=O)NC1CCCC1C. The van der Waals surface area contributed by atoms with Crippen LogP contribution in [0.25, 0.3) is 0 Å². The van der Waals surface area contributed by atoms with Crippen LogP contribution in [0.3, 0.4) is 0 Å². The molecule has 0 aromatic rings. The van der Waals surface area contributed by atoms with Gasteiger partial charge in [-0.25, -0.2) is 13.1 Å². The first-order valence-electron chi connectivity index (χ1n) is 5.69. The van der Waals surface area contributed by atoms with Gasteiger partial charge in [-0.1, -0.05) is 32.5 Å². The van der Waals surface area contributed by atoms with E-state index in [1.807, 2.05) is 0 Å². The van der Waals surface area contributed by atoms with Crippen LogP contribution >= 0.6 is 12.2 Å². The second kappa shape index (κ2) is 5.42. The van der Waals surface area contributed by atoms with Gasteiger partial charge in [-0.3, -0.25) is 0 Å². The van der Waals surface area contributed by atoms with Crippen molar-refractivity contribution in [3.8, 4) is 0 Å². The molecule has 1 saturated carbocycles. The average molecular weight is 264 g/mol. The lowest BCUT2D eigenvalue weighted by Gasteiger charge is -2.21. The molecule has 1 aliphatic rings. The van der Waals surface area contributed by atoms with Crippen molar-refractivity contribution < 1.29 is 8.42 Å². The van der Waals surface area contributed by atoms with Crippen LogP contribution in [0.15, 0.2) is 0 Å². The Kier molecular flexibility index (Phi) is 4.70. The fourth-order valence-electron chi connectivity index (χ4n) is 2.19. The van der Waals surface area contributed by atoms with Gasteiger partial charge in [-0.15, -0.1) is 0 Å². The molecular formula is C10H20N2O2S2. The summed E-state index contributed by atoms with van der Waals surface area (Å²) in [6.45, 7) is 3.85. The van der Waals surface area contributed by atoms with Gasteiger partial charge in [0.05, 0.1) is 4.99 Å². The molecule has 6 heteroatoms. The monoisotopic (exact) mass is 264 g/mol. The molecule has 3 N–H and O–H groups in total. The van der Waals surface area contributed by atoms with E-state index >= 15 is 0 Å². The van der Waals surface area contributed by atoms with Crippen molar-refractivity contribution in [1.82, 2.24) is 4.72 Å². The molecule has 0 aliphatic heterocycles. The van der Waals surface area contributed by atoms with Crippen LogP contribution in [0.1, 0.15) is 39.5 Å². The summed E-state index contributed by atoms with van der Waals surface area (Å²) >= 11 is 4.79. The van der Waals surface area contributed by atoms with Crippen molar-refractivity contribution in [3.05, 3.63) is 0 Å². The van der Waals surface area contributed by atoms with E-state index in [0.717, 1.165) is 19.3 Å². The number of hydrogen-bond donors (Lipinski definition) is 2. The highest BCUT2D eigenvalue weighted by molar-refractivity contribution is 7.93. The standard InChI is InChI=1S/C10H20N2O2S2/c1-3-9(10(11)15)16(13,14)12-8-6-4-5-7(8)2/h7-9,12H,3-6H2,1-2H3,(H2,11,15). The maximum Gasteiger partial charge on any atom is 0.221 e. The normalized spacial score (nSPS) is 27.9. The van der Waals surface area contributed by atoms with Gasteiger partial charge in [0, 0.05) is 6.04 Å².